The summed E-state index contributed by atoms with van der Waals surface area (Å²) in [5, 5.41) is 3.14. The fourth-order valence-corrected chi connectivity index (χ4v) is 3.13. The number of carbonyl (C=O) groups is 1. The normalized spacial score (nSPS) is 10.6. The van der Waals surface area contributed by atoms with E-state index >= 15 is 0 Å². The molecule has 0 atom stereocenters. The molecular formula is C22H15ClFN5O. The van der Waals surface area contributed by atoms with E-state index in [0.717, 1.165) is 11.8 Å². The van der Waals surface area contributed by atoms with Crippen LogP contribution in [0, 0.1) is 12.7 Å². The Labute approximate surface area is 176 Å². The van der Waals surface area contributed by atoms with Gasteiger partial charge in [0.05, 0.1) is 34.9 Å². The predicted octanol–water partition coefficient (Wildman–Crippen LogP) is 4.95. The number of nitrogens with one attached hydrogen (secondary N) is 1. The Morgan fingerprint density at radius 1 is 0.967 bits per heavy atom. The van der Waals surface area contributed by atoms with E-state index in [-0.39, 0.29) is 5.91 Å². The first-order chi connectivity index (χ1) is 14.5. The molecule has 0 aliphatic carbocycles. The molecule has 0 aliphatic rings. The molecule has 3 heterocycles. The molecule has 1 amide bonds. The smallest absolute Gasteiger partial charge is 0.258 e. The van der Waals surface area contributed by atoms with Gasteiger partial charge in [0.1, 0.15) is 5.82 Å². The number of carbonyl (C=O) groups excluding carboxylic acids is 1. The third-order valence-corrected chi connectivity index (χ3v) is 4.83. The van der Waals surface area contributed by atoms with Crippen molar-refractivity contribution in [2.75, 3.05) is 5.32 Å². The van der Waals surface area contributed by atoms with Gasteiger partial charge in [0.15, 0.2) is 5.82 Å². The number of anilines is 1. The lowest BCUT2D eigenvalue weighted by atomic mass is 10.0. The molecule has 0 fully saturated rings. The van der Waals surface area contributed by atoms with Gasteiger partial charge in [0.25, 0.3) is 5.91 Å². The van der Waals surface area contributed by atoms with Crippen LogP contribution in [-0.4, -0.2) is 25.8 Å². The van der Waals surface area contributed by atoms with Crippen molar-refractivity contribution in [2.45, 2.75) is 6.92 Å². The van der Waals surface area contributed by atoms with Gasteiger partial charge in [-0.1, -0.05) is 17.7 Å². The summed E-state index contributed by atoms with van der Waals surface area (Å²) in [7, 11) is 0. The second-order valence-corrected chi connectivity index (χ2v) is 6.89. The Balaban J connectivity index is 1.60. The summed E-state index contributed by atoms with van der Waals surface area (Å²) in [6.45, 7) is 1.83. The summed E-state index contributed by atoms with van der Waals surface area (Å²) in [4.78, 5) is 28.7. The number of halogens is 2. The number of pyridine rings is 2. The molecule has 0 saturated heterocycles. The summed E-state index contributed by atoms with van der Waals surface area (Å²) in [6, 6.07) is 8.48. The van der Waals surface area contributed by atoms with Gasteiger partial charge in [-0.25, -0.2) is 9.37 Å². The Bertz CT molecular complexity index is 1230. The van der Waals surface area contributed by atoms with Crippen LogP contribution in [0.15, 0.2) is 67.5 Å². The first-order valence-electron chi connectivity index (χ1n) is 8.97. The minimum absolute atomic E-state index is 0.291. The van der Waals surface area contributed by atoms with Crippen LogP contribution in [0.4, 0.5) is 10.2 Å². The van der Waals surface area contributed by atoms with E-state index in [2.05, 4.69) is 25.3 Å². The summed E-state index contributed by atoms with van der Waals surface area (Å²) >= 11 is 6.33. The molecule has 0 unspecified atom stereocenters. The van der Waals surface area contributed by atoms with Crippen molar-refractivity contribution in [2.24, 2.45) is 0 Å². The zero-order valence-electron chi connectivity index (χ0n) is 15.8. The van der Waals surface area contributed by atoms with E-state index < -0.39 is 5.82 Å². The van der Waals surface area contributed by atoms with Crippen molar-refractivity contribution in [1.29, 1.82) is 0 Å². The highest BCUT2D eigenvalue weighted by Gasteiger charge is 2.13. The second kappa shape index (κ2) is 8.34. The summed E-state index contributed by atoms with van der Waals surface area (Å²) in [6.07, 6.45) is 8.74. The molecule has 0 spiro atoms. The van der Waals surface area contributed by atoms with Gasteiger partial charge in [-0.3, -0.25) is 19.7 Å². The monoisotopic (exact) mass is 419 g/mol. The number of amides is 1. The quantitative estimate of drug-likeness (QED) is 0.506. The van der Waals surface area contributed by atoms with Gasteiger partial charge in [-0.05, 0) is 42.3 Å². The lowest BCUT2D eigenvalue weighted by Gasteiger charge is -2.09. The van der Waals surface area contributed by atoms with Crippen LogP contribution in [0.25, 0.3) is 22.4 Å². The van der Waals surface area contributed by atoms with E-state index in [9.17, 15) is 9.18 Å². The number of hydrogen-bond acceptors (Lipinski definition) is 5. The Morgan fingerprint density at radius 2 is 1.77 bits per heavy atom. The van der Waals surface area contributed by atoms with Crippen molar-refractivity contribution in [3.05, 3.63) is 89.5 Å². The molecule has 0 bridgehead atoms. The molecule has 0 radical (unpaired) electrons. The molecular weight excluding hydrogens is 405 g/mol. The van der Waals surface area contributed by atoms with Crippen molar-refractivity contribution in [1.82, 2.24) is 19.9 Å². The maximum atomic E-state index is 14.1. The number of nitrogens with zero attached hydrogens (tertiary/aromatic N) is 4. The molecule has 4 aromatic rings. The maximum absolute atomic E-state index is 14.1. The summed E-state index contributed by atoms with van der Waals surface area (Å²) in [5.41, 5.74) is 3.40. The molecule has 1 aromatic carbocycles. The minimum Gasteiger partial charge on any atom is -0.305 e. The number of benzene rings is 1. The SMILES string of the molecule is Cc1ccncc1C(=O)Nc1cnc(-c2cc(-c3ccncc3F)ccc2Cl)cn1. The van der Waals surface area contributed by atoms with Crippen molar-refractivity contribution in [3.63, 3.8) is 0 Å². The zero-order chi connectivity index (χ0) is 21.1. The highest BCUT2D eigenvalue weighted by Crippen LogP contribution is 2.32. The largest absolute Gasteiger partial charge is 0.305 e. The molecule has 3 aromatic heterocycles. The standard InChI is InChI=1S/C22H15ClFN5O/c1-13-4-6-25-9-17(13)22(30)29-21-12-27-20(11-28-21)16-8-14(2-3-18(16)23)15-5-7-26-10-19(15)24/h2-12H,1H3,(H,28,29,30). The van der Waals surface area contributed by atoms with Crippen LogP contribution in [0.1, 0.15) is 15.9 Å². The fraction of sp³-hybridized carbons (Fsp3) is 0.0455. The van der Waals surface area contributed by atoms with Crippen LogP contribution < -0.4 is 5.32 Å². The summed E-state index contributed by atoms with van der Waals surface area (Å²) in [5.74, 6) is -0.462. The Hall–Kier alpha value is -3.71. The van der Waals surface area contributed by atoms with Crippen molar-refractivity contribution < 1.29 is 9.18 Å². The van der Waals surface area contributed by atoms with Gasteiger partial charge in [0, 0.05) is 29.7 Å². The first kappa shape index (κ1) is 19.6. The number of hydrogen-bond donors (Lipinski definition) is 1. The van der Waals surface area contributed by atoms with Crippen molar-refractivity contribution >= 4 is 23.3 Å². The molecule has 0 aliphatic heterocycles. The molecule has 148 valence electrons. The predicted molar refractivity (Wildman–Crippen MR) is 113 cm³/mol. The van der Waals surface area contributed by atoms with Crippen molar-refractivity contribution in [3.8, 4) is 22.4 Å². The van der Waals surface area contributed by atoms with Gasteiger partial charge in [-0.15, -0.1) is 0 Å². The minimum atomic E-state index is -0.430. The van der Waals surface area contributed by atoms with Crippen LogP contribution >= 0.6 is 11.6 Å². The van der Waals surface area contributed by atoms with E-state index in [0.29, 0.717) is 38.8 Å². The Kier molecular flexibility index (Phi) is 5.45. The Morgan fingerprint density at radius 3 is 2.50 bits per heavy atom. The van der Waals surface area contributed by atoms with E-state index in [4.69, 9.17) is 11.6 Å². The zero-order valence-corrected chi connectivity index (χ0v) is 16.6. The molecule has 6 nitrogen and oxygen atoms in total. The molecule has 8 heteroatoms. The van der Waals surface area contributed by atoms with Gasteiger partial charge < -0.3 is 5.32 Å². The lowest BCUT2D eigenvalue weighted by Crippen LogP contribution is -2.14. The fourth-order valence-electron chi connectivity index (χ4n) is 2.92. The van der Waals surface area contributed by atoms with Crippen LogP contribution in [0.2, 0.25) is 5.02 Å². The molecule has 4 rings (SSSR count). The van der Waals surface area contributed by atoms with E-state index in [1.54, 1.807) is 36.5 Å². The molecule has 30 heavy (non-hydrogen) atoms. The number of aryl methyl sites for hydroxylation is 1. The third-order valence-electron chi connectivity index (χ3n) is 4.50. The lowest BCUT2D eigenvalue weighted by molar-refractivity contribution is 0.102. The summed E-state index contributed by atoms with van der Waals surface area (Å²) < 4.78 is 14.1. The molecule has 1 N–H and O–H groups in total. The van der Waals surface area contributed by atoms with Gasteiger partial charge >= 0.3 is 0 Å². The second-order valence-electron chi connectivity index (χ2n) is 6.48. The average Bonchev–Trinajstić information content (AvgIpc) is 2.75. The molecule has 0 saturated carbocycles. The number of aromatic nitrogens is 4. The van der Waals surface area contributed by atoms with Crippen LogP contribution in [-0.2, 0) is 0 Å². The third kappa shape index (κ3) is 4.01. The number of rotatable bonds is 4. The van der Waals surface area contributed by atoms with E-state index in [1.807, 2.05) is 6.92 Å². The van der Waals surface area contributed by atoms with Gasteiger partial charge in [0.2, 0.25) is 0 Å². The van der Waals surface area contributed by atoms with Crippen LogP contribution in [0.3, 0.4) is 0 Å². The highest BCUT2D eigenvalue weighted by atomic mass is 35.5. The van der Waals surface area contributed by atoms with Gasteiger partial charge in [-0.2, -0.15) is 0 Å². The first-order valence-corrected chi connectivity index (χ1v) is 9.34. The topological polar surface area (TPSA) is 80.7 Å². The van der Waals surface area contributed by atoms with E-state index in [1.165, 1.54) is 24.8 Å². The maximum Gasteiger partial charge on any atom is 0.258 e. The van der Waals surface area contributed by atoms with Crippen LogP contribution in [0.5, 0.6) is 0 Å². The average molecular weight is 420 g/mol. The highest BCUT2D eigenvalue weighted by molar-refractivity contribution is 6.33.